The first-order chi connectivity index (χ1) is 8.71. The molecule has 0 saturated heterocycles. The molecule has 0 saturated carbocycles. The van der Waals surface area contributed by atoms with Crippen molar-refractivity contribution in [2.75, 3.05) is 25.0 Å². The Morgan fingerprint density at radius 3 is 2.67 bits per heavy atom. The van der Waals surface area contributed by atoms with Crippen molar-refractivity contribution in [3.8, 4) is 0 Å². The summed E-state index contributed by atoms with van der Waals surface area (Å²) < 4.78 is 1.89. The molecule has 0 aliphatic carbocycles. The van der Waals surface area contributed by atoms with Crippen LogP contribution in [0, 0.1) is 0 Å². The molecule has 1 aromatic rings. The Morgan fingerprint density at radius 1 is 1.33 bits per heavy atom. The van der Waals surface area contributed by atoms with Gasteiger partial charge >= 0.3 is 0 Å². The second-order valence-electron chi connectivity index (χ2n) is 4.65. The van der Waals surface area contributed by atoms with Crippen LogP contribution in [0.1, 0.15) is 40.5 Å². The first-order valence-corrected chi connectivity index (χ1v) is 7.08. The Hall–Kier alpha value is -1.10. The second kappa shape index (κ2) is 8.08. The topological polar surface area (TPSA) is 46.0 Å². The molecule has 0 aliphatic heterocycles. The number of hydrogen-bond acceptors (Lipinski definition) is 4. The number of anilines is 1. The average molecular weight is 253 g/mol. The van der Waals surface area contributed by atoms with E-state index in [1.54, 1.807) is 6.20 Å². The van der Waals surface area contributed by atoms with Gasteiger partial charge in [-0.3, -0.25) is 0 Å². The number of rotatable bonds is 9. The predicted octanol–water partition coefficient (Wildman–Crippen LogP) is 2.22. The van der Waals surface area contributed by atoms with Crippen LogP contribution in [0.25, 0.3) is 0 Å². The quantitative estimate of drug-likeness (QED) is 0.733. The summed E-state index contributed by atoms with van der Waals surface area (Å²) in [6.45, 7) is 13.1. The van der Waals surface area contributed by atoms with Gasteiger partial charge < -0.3 is 10.2 Å². The fourth-order valence-corrected chi connectivity index (χ4v) is 2.09. The van der Waals surface area contributed by atoms with E-state index in [0.717, 1.165) is 25.5 Å². The summed E-state index contributed by atoms with van der Waals surface area (Å²) in [5.41, 5.74) is 0. The lowest BCUT2D eigenvalue weighted by Crippen LogP contribution is -2.26. The Labute approximate surface area is 111 Å². The second-order valence-corrected chi connectivity index (χ2v) is 4.65. The molecular weight excluding hydrogens is 226 g/mol. The lowest BCUT2D eigenvalue weighted by Gasteiger charge is -2.20. The van der Waals surface area contributed by atoms with Crippen LogP contribution in [-0.4, -0.2) is 45.6 Å². The Kier molecular flexibility index (Phi) is 6.72. The van der Waals surface area contributed by atoms with Crippen LogP contribution < -0.4 is 5.32 Å². The molecule has 1 atom stereocenters. The average Bonchev–Trinajstić information content (AvgIpc) is 2.82. The zero-order chi connectivity index (χ0) is 13.4. The molecule has 0 fully saturated rings. The van der Waals surface area contributed by atoms with Gasteiger partial charge in [-0.2, -0.15) is 0 Å². The van der Waals surface area contributed by atoms with Crippen molar-refractivity contribution in [1.29, 1.82) is 0 Å². The zero-order valence-electron chi connectivity index (χ0n) is 12.2. The van der Waals surface area contributed by atoms with E-state index in [4.69, 9.17) is 0 Å². The maximum absolute atomic E-state index is 4.02. The highest BCUT2D eigenvalue weighted by Crippen LogP contribution is 2.09. The molecule has 1 heterocycles. The van der Waals surface area contributed by atoms with Gasteiger partial charge in [-0.25, -0.2) is 4.68 Å². The van der Waals surface area contributed by atoms with Crippen molar-refractivity contribution in [3.05, 3.63) is 6.20 Å². The number of aromatic nitrogens is 3. The van der Waals surface area contributed by atoms with E-state index >= 15 is 0 Å². The van der Waals surface area contributed by atoms with Crippen LogP contribution in [0.5, 0.6) is 0 Å². The van der Waals surface area contributed by atoms with E-state index in [0.29, 0.717) is 6.04 Å². The molecule has 0 radical (unpaired) electrons. The lowest BCUT2D eigenvalue weighted by atomic mass is 10.2. The number of nitrogens with zero attached hydrogens (tertiary/aromatic N) is 4. The van der Waals surface area contributed by atoms with Crippen LogP contribution >= 0.6 is 0 Å². The minimum atomic E-state index is 0.462. The third-order valence-electron chi connectivity index (χ3n) is 3.32. The first-order valence-electron chi connectivity index (χ1n) is 7.08. The molecule has 0 spiro atoms. The van der Waals surface area contributed by atoms with Gasteiger partial charge in [0.1, 0.15) is 5.82 Å². The molecule has 5 heteroatoms. The summed E-state index contributed by atoms with van der Waals surface area (Å²) in [4.78, 5) is 2.46. The van der Waals surface area contributed by atoms with Crippen molar-refractivity contribution in [3.63, 3.8) is 0 Å². The normalized spacial score (nSPS) is 12.9. The van der Waals surface area contributed by atoms with Gasteiger partial charge in [0, 0.05) is 12.6 Å². The summed E-state index contributed by atoms with van der Waals surface area (Å²) in [5.74, 6) is 1.02. The van der Waals surface area contributed by atoms with Crippen molar-refractivity contribution < 1.29 is 0 Å². The molecule has 18 heavy (non-hydrogen) atoms. The molecule has 0 aliphatic rings. The van der Waals surface area contributed by atoms with Gasteiger partial charge in [0.15, 0.2) is 0 Å². The van der Waals surface area contributed by atoms with Crippen molar-refractivity contribution in [1.82, 2.24) is 19.9 Å². The fraction of sp³-hybridized carbons (Fsp3) is 0.846. The highest BCUT2D eigenvalue weighted by Gasteiger charge is 2.07. The first kappa shape index (κ1) is 15.0. The minimum absolute atomic E-state index is 0.462. The molecule has 0 bridgehead atoms. The SMILES string of the molecule is CCN(CC)CCCC(C)Nc1cnnn1CC. The summed E-state index contributed by atoms with van der Waals surface area (Å²) in [5, 5.41) is 11.4. The fourth-order valence-electron chi connectivity index (χ4n) is 2.09. The summed E-state index contributed by atoms with van der Waals surface area (Å²) in [6.07, 6.45) is 4.19. The minimum Gasteiger partial charge on any atom is -0.366 e. The van der Waals surface area contributed by atoms with Gasteiger partial charge in [-0.05, 0) is 46.3 Å². The van der Waals surface area contributed by atoms with Gasteiger partial charge in [0.05, 0.1) is 6.20 Å². The number of hydrogen-bond donors (Lipinski definition) is 1. The van der Waals surface area contributed by atoms with Gasteiger partial charge in [-0.15, -0.1) is 5.10 Å². The molecule has 1 N–H and O–H groups in total. The maximum Gasteiger partial charge on any atom is 0.145 e. The van der Waals surface area contributed by atoms with Crippen molar-refractivity contribution in [2.45, 2.75) is 53.1 Å². The van der Waals surface area contributed by atoms with Crippen LogP contribution in [0.15, 0.2) is 6.20 Å². The van der Waals surface area contributed by atoms with Gasteiger partial charge in [0.2, 0.25) is 0 Å². The molecule has 1 aromatic heterocycles. The summed E-state index contributed by atoms with van der Waals surface area (Å²) in [7, 11) is 0. The van der Waals surface area contributed by atoms with Crippen LogP contribution in [-0.2, 0) is 6.54 Å². The van der Waals surface area contributed by atoms with Gasteiger partial charge in [0.25, 0.3) is 0 Å². The molecule has 1 rings (SSSR count). The van der Waals surface area contributed by atoms with Crippen LogP contribution in [0.4, 0.5) is 5.82 Å². The molecule has 5 nitrogen and oxygen atoms in total. The predicted molar refractivity (Wildman–Crippen MR) is 75.8 cm³/mol. The Morgan fingerprint density at radius 2 is 2.06 bits per heavy atom. The highest BCUT2D eigenvalue weighted by molar-refractivity contribution is 5.31. The summed E-state index contributed by atoms with van der Waals surface area (Å²) >= 11 is 0. The zero-order valence-corrected chi connectivity index (χ0v) is 12.2. The van der Waals surface area contributed by atoms with E-state index in [9.17, 15) is 0 Å². The summed E-state index contributed by atoms with van der Waals surface area (Å²) in [6, 6.07) is 0.462. The monoisotopic (exact) mass is 253 g/mol. The largest absolute Gasteiger partial charge is 0.366 e. The third kappa shape index (κ3) is 4.64. The Balaban J connectivity index is 2.27. The van der Waals surface area contributed by atoms with Crippen LogP contribution in [0.3, 0.4) is 0 Å². The highest BCUT2D eigenvalue weighted by atomic mass is 15.4. The molecule has 0 aromatic carbocycles. The van der Waals surface area contributed by atoms with E-state index in [-0.39, 0.29) is 0 Å². The Bertz CT molecular complexity index is 319. The van der Waals surface area contributed by atoms with E-state index in [1.807, 2.05) is 4.68 Å². The van der Waals surface area contributed by atoms with E-state index in [1.165, 1.54) is 19.4 Å². The molecule has 0 amide bonds. The number of nitrogens with one attached hydrogen (secondary N) is 1. The van der Waals surface area contributed by atoms with Crippen molar-refractivity contribution >= 4 is 5.82 Å². The molecular formula is C13H27N5. The smallest absolute Gasteiger partial charge is 0.145 e. The molecule has 104 valence electrons. The third-order valence-corrected chi connectivity index (χ3v) is 3.32. The van der Waals surface area contributed by atoms with E-state index in [2.05, 4.69) is 48.2 Å². The van der Waals surface area contributed by atoms with Crippen LogP contribution in [0.2, 0.25) is 0 Å². The van der Waals surface area contributed by atoms with Gasteiger partial charge in [-0.1, -0.05) is 19.1 Å². The lowest BCUT2D eigenvalue weighted by molar-refractivity contribution is 0.295. The standard InChI is InChI=1S/C13H27N5/c1-5-17(6-2)10-8-9-12(4)15-13-11-14-16-18(13)7-3/h11-12,15H,5-10H2,1-4H3. The molecule has 1 unspecified atom stereocenters. The maximum atomic E-state index is 4.02. The number of aryl methyl sites for hydroxylation is 1. The van der Waals surface area contributed by atoms with Crippen molar-refractivity contribution in [2.24, 2.45) is 0 Å². The van der Waals surface area contributed by atoms with E-state index < -0.39 is 0 Å².